The Balaban J connectivity index is 2.25. The molecule has 1 aromatic carbocycles. The first kappa shape index (κ1) is 16.8. The van der Waals surface area contributed by atoms with E-state index in [1.165, 1.54) is 5.32 Å². The number of carbonyl (C=O) groups excluding carboxylic acids is 2. The lowest BCUT2D eigenvalue weighted by Gasteiger charge is -2.15. The van der Waals surface area contributed by atoms with Crippen molar-refractivity contribution in [3.63, 3.8) is 0 Å². The monoisotopic (exact) mass is 306 g/mol. The van der Waals surface area contributed by atoms with Crippen molar-refractivity contribution < 1.29 is 32.6 Å². The third-order valence-electron chi connectivity index (χ3n) is 2.21. The van der Waals surface area contributed by atoms with E-state index in [9.17, 15) is 22.8 Å². The minimum atomic E-state index is -4.97. The highest BCUT2D eigenvalue weighted by atomic mass is 19.4. The second kappa shape index (κ2) is 7.48. The predicted octanol–water partition coefficient (Wildman–Crippen LogP) is 0.910. The summed E-state index contributed by atoms with van der Waals surface area (Å²) in [4.78, 5) is 22.2. The van der Waals surface area contributed by atoms with Gasteiger partial charge in [-0.05, 0) is 5.56 Å². The largest absolute Gasteiger partial charge is 0.445 e. The van der Waals surface area contributed by atoms with Crippen LogP contribution in [0.3, 0.4) is 0 Å². The number of benzene rings is 1. The maximum Gasteiger partial charge on any atom is 0.433 e. The molecule has 0 aliphatic carbocycles. The van der Waals surface area contributed by atoms with Crippen molar-refractivity contribution in [2.75, 3.05) is 6.54 Å². The highest BCUT2D eigenvalue weighted by Crippen LogP contribution is 2.17. The lowest BCUT2D eigenvalue weighted by atomic mass is 10.2. The highest BCUT2D eigenvalue weighted by Gasteiger charge is 2.39. The molecule has 21 heavy (non-hydrogen) atoms. The normalized spacial score (nSPS) is 12.4. The number of alkyl halides is 3. The molecule has 9 heteroatoms. The van der Waals surface area contributed by atoms with Crippen LogP contribution in [-0.4, -0.2) is 36.1 Å². The van der Waals surface area contributed by atoms with Gasteiger partial charge in [0.15, 0.2) is 0 Å². The number of hydrogen-bond donors (Lipinski definition) is 3. The first-order valence-electron chi connectivity index (χ1n) is 5.77. The number of amides is 2. The second-order valence-corrected chi connectivity index (χ2v) is 3.93. The number of nitrogens with one attached hydrogen (secondary N) is 2. The fourth-order valence-corrected chi connectivity index (χ4v) is 1.21. The molecule has 0 spiro atoms. The number of aliphatic hydroxyl groups excluding tert-OH is 1. The van der Waals surface area contributed by atoms with Crippen molar-refractivity contribution in [3.05, 3.63) is 35.9 Å². The Morgan fingerprint density at radius 2 is 1.86 bits per heavy atom. The number of carbonyl (C=O) groups is 2. The minimum absolute atomic E-state index is 0.0422. The third kappa shape index (κ3) is 6.61. The summed E-state index contributed by atoms with van der Waals surface area (Å²) in [5.41, 5.74) is 0.713. The van der Waals surface area contributed by atoms with E-state index in [0.717, 1.165) is 0 Å². The van der Waals surface area contributed by atoms with E-state index in [4.69, 9.17) is 9.84 Å². The molecular weight excluding hydrogens is 293 g/mol. The minimum Gasteiger partial charge on any atom is -0.445 e. The second-order valence-electron chi connectivity index (χ2n) is 3.93. The summed E-state index contributed by atoms with van der Waals surface area (Å²) in [5.74, 6) is -1.20. The van der Waals surface area contributed by atoms with Gasteiger partial charge in [-0.1, -0.05) is 30.3 Å². The number of aliphatic hydroxyl groups is 1. The van der Waals surface area contributed by atoms with Crippen molar-refractivity contribution in [1.82, 2.24) is 10.6 Å². The first-order valence-corrected chi connectivity index (χ1v) is 5.77. The maximum absolute atomic E-state index is 11.9. The van der Waals surface area contributed by atoms with Crippen molar-refractivity contribution >= 4 is 12.0 Å². The lowest BCUT2D eigenvalue weighted by molar-refractivity contribution is -0.213. The highest BCUT2D eigenvalue weighted by molar-refractivity contribution is 5.82. The van der Waals surface area contributed by atoms with E-state index < -0.39 is 30.9 Å². The molecule has 1 unspecified atom stereocenters. The molecule has 0 aromatic heterocycles. The van der Waals surface area contributed by atoms with Crippen molar-refractivity contribution in [2.45, 2.75) is 19.0 Å². The van der Waals surface area contributed by atoms with Crippen LogP contribution in [0.2, 0.25) is 0 Å². The molecule has 1 rings (SSSR count). The van der Waals surface area contributed by atoms with Gasteiger partial charge in [0.2, 0.25) is 12.1 Å². The van der Waals surface area contributed by atoms with E-state index in [-0.39, 0.29) is 6.61 Å². The van der Waals surface area contributed by atoms with Gasteiger partial charge in [-0.25, -0.2) is 4.79 Å². The van der Waals surface area contributed by atoms with Crippen LogP contribution in [-0.2, 0) is 16.1 Å². The smallest absolute Gasteiger partial charge is 0.433 e. The number of hydrogen-bond acceptors (Lipinski definition) is 4. The number of ether oxygens (including phenoxy) is 1. The molecule has 0 aliphatic rings. The van der Waals surface area contributed by atoms with E-state index >= 15 is 0 Å². The van der Waals surface area contributed by atoms with E-state index in [1.54, 1.807) is 30.3 Å². The van der Waals surface area contributed by atoms with Crippen LogP contribution in [0.25, 0.3) is 0 Å². The molecule has 116 valence electrons. The number of alkyl carbamates (subject to hydrolysis) is 1. The molecule has 6 nitrogen and oxygen atoms in total. The zero-order chi connectivity index (χ0) is 15.9. The van der Waals surface area contributed by atoms with Crippen LogP contribution in [0, 0.1) is 0 Å². The SMILES string of the molecule is O=C(CNC(=O)OCc1ccccc1)NC(O)C(F)(F)F. The average Bonchev–Trinajstić information content (AvgIpc) is 2.43. The summed E-state index contributed by atoms with van der Waals surface area (Å²) >= 11 is 0. The fraction of sp³-hybridized carbons (Fsp3) is 0.333. The molecule has 1 aromatic rings. The van der Waals surface area contributed by atoms with Crippen LogP contribution in [0.1, 0.15) is 5.56 Å². The van der Waals surface area contributed by atoms with Crippen LogP contribution >= 0.6 is 0 Å². The zero-order valence-corrected chi connectivity index (χ0v) is 10.7. The van der Waals surface area contributed by atoms with Crippen LogP contribution in [0.4, 0.5) is 18.0 Å². The summed E-state index contributed by atoms with van der Waals surface area (Å²) in [7, 11) is 0. The molecule has 0 saturated heterocycles. The van der Waals surface area contributed by atoms with Crippen molar-refractivity contribution in [1.29, 1.82) is 0 Å². The van der Waals surface area contributed by atoms with Gasteiger partial charge < -0.3 is 20.5 Å². The van der Waals surface area contributed by atoms with E-state index in [2.05, 4.69) is 0 Å². The number of halogens is 3. The van der Waals surface area contributed by atoms with Gasteiger partial charge in [0.1, 0.15) is 13.2 Å². The lowest BCUT2D eigenvalue weighted by Crippen LogP contribution is -2.48. The molecule has 0 aliphatic heterocycles. The van der Waals surface area contributed by atoms with Gasteiger partial charge in [-0.15, -0.1) is 0 Å². The van der Waals surface area contributed by atoms with Gasteiger partial charge in [-0.3, -0.25) is 4.79 Å². The molecule has 0 bridgehead atoms. The number of rotatable bonds is 5. The van der Waals surface area contributed by atoms with Crippen LogP contribution < -0.4 is 10.6 Å². The molecule has 3 N–H and O–H groups in total. The average molecular weight is 306 g/mol. The van der Waals surface area contributed by atoms with Gasteiger partial charge in [0.25, 0.3) is 0 Å². The Kier molecular flexibility index (Phi) is 5.97. The standard InChI is InChI=1S/C12H13F3N2O4/c13-12(14,15)10(19)17-9(18)6-16-11(20)21-7-8-4-2-1-3-5-8/h1-5,10,19H,6-7H2,(H,16,20)(H,17,18). The van der Waals surface area contributed by atoms with Crippen LogP contribution in [0.15, 0.2) is 30.3 Å². The maximum atomic E-state index is 11.9. The molecule has 0 radical (unpaired) electrons. The molecule has 0 saturated carbocycles. The van der Waals surface area contributed by atoms with Gasteiger partial charge in [0, 0.05) is 0 Å². The third-order valence-corrected chi connectivity index (χ3v) is 2.21. The Hall–Kier alpha value is -2.29. The predicted molar refractivity (Wildman–Crippen MR) is 64.8 cm³/mol. The fourth-order valence-electron chi connectivity index (χ4n) is 1.21. The Morgan fingerprint density at radius 3 is 2.43 bits per heavy atom. The Morgan fingerprint density at radius 1 is 1.24 bits per heavy atom. The summed E-state index contributed by atoms with van der Waals surface area (Å²) in [6, 6.07) is 8.67. The summed E-state index contributed by atoms with van der Waals surface area (Å²) in [6.45, 7) is -0.791. The molecule has 1 atom stereocenters. The quantitative estimate of drug-likeness (QED) is 0.706. The molecule has 0 heterocycles. The summed E-state index contributed by atoms with van der Waals surface area (Å²) in [6.07, 6.45) is -8.91. The van der Waals surface area contributed by atoms with Crippen LogP contribution in [0.5, 0.6) is 0 Å². The van der Waals surface area contributed by atoms with Crippen molar-refractivity contribution in [2.24, 2.45) is 0 Å². The Labute approximate surface area is 117 Å². The Bertz CT molecular complexity index is 479. The van der Waals surface area contributed by atoms with Gasteiger partial charge >= 0.3 is 12.3 Å². The topological polar surface area (TPSA) is 87.7 Å². The first-order chi connectivity index (χ1) is 9.79. The van der Waals surface area contributed by atoms with E-state index in [0.29, 0.717) is 5.56 Å². The van der Waals surface area contributed by atoms with Gasteiger partial charge in [-0.2, -0.15) is 13.2 Å². The van der Waals surface area contributed by atoms with Gasteiger partial charge in [0.05, 0.1) is 0 Å². The summed E-state index contributed by atoms with van der Waals surface area (Å²) in [5, 5.41) is 11.8. The zero-order valence-electron chi connectivity index (χ0n) is 10.7. The molecule has 0 fully saturated rings. The summed E-state index contributed by atoms with van der Waals surface area (Å²) < 4.78 is 40.6. The van der Waals surface area contributed by atoms with E-state index in [1.807, 2.05) is 5.32 Å². The molecule has 2 amide bonds. The van der Waals surface area contributed by atoms with Crippen molar-refractivity contribution in [3.8, 4) is 0 Å². The molecular formula is C12H13F3N2O4.